The summed E-state index contributed by atoms with van der Waals surface area (Å²) in [5.74, 6) is 0.536. The molecule has 4 nitrogen and oxygen atoms in total. The second-order valence-corrected chi connectivity index (χ2v) is 8.26. The lowest BCUT2D eigenvalue weighted by atomic mass is 9.87. The predicted octanol–water partition coefficient (Wildman–Crippen LogP) is 6.28. The Bertz CT molecular complexity index is 1020. The number of fused-ring (bicyclic) bond motifs is 1. The van der Waals surface area contributed by atoms with Crippen molar-refractivity contribution in [1.29, 1.82) is 0 Å². The van der Waals surface area contributed by atoms with Crippen molar-refractivity contribution in [3.8, 4) is 5.75 Å². The normalized spacial score (nSPS) is 12.2. The van der Waals surface area contributed by atoms with E-state index >= 15 is 0 Å². The van der Waals surface area contributed by atoms with E-state index in [0.717, 1.165) is 11.8 Å². The number of carbonyl (C=O) groups is 1. The van der Waals surface area contributed by atoms with Gasteiger partial charge in [-0.1, -0.05) is 32.9 Å². The van der Waals surface area contributed by atoms with E-state index in [1.54, 1.807) is 6.07 Å². The first kappa shape index (κ1) is 21.7. The highest BCUT2D eigenvalue weighted by Crippen LogP contribution is 2.32. The molecule has 0 fully saturated rings. The number of anilines is 1. The Kier molecular flexibility index (Phi) is 6.10. The highest BCUT2D eigenvalue weighted by atomic mass is 19.4. The van der Waals surface area contributed by atoms with Crippen molar-refractivity contribution in [3.63, 3.8) is 0 Å². The van der Waals surface area contributed by atoms with Crippen LogP contribution >= 0.6 is 0 Å². The largest absolute Gasteiger partial charge is 0.494 e. The number of hydrogen-bond acceptors (Lipinski definition) is 2. The number of benzene rings is 2. The first-order valence-corrected chi connectivity index (χ1v) is 9.75. The maximum absolute atomic E-state index is 12.8. The van der Waals surface area contributed by atoms with Crippen LogP contribution < -0.4 is 10.1 Å². The molecule has 0 spiro atoms. The minimum Gasteiger partial charge on any atom is -0.494 e. The molecule has 1 aromatic heterocycles. The quantitative estimate of drug-likeness (QED) is 0.463. The molecule has 30 heavy (non-hydrogen) atoms. The topological polar surface area (TPSA) is 54.1 Å². The third-order valence-electron chi connectivity index (χ3n) is 4.75. The molecule has 0 bridgehead atoms. The molecule has 7 heteroatoms. The van der Waals surface area contributed by atoms with E-state index in [9.17, 15) is 18.0 Å². The summed E-state index contributed by atoms with van der Waals surface area (Å²) in [7, 11) is 0. The van der Waals surface area contributed by atoms with E-state index < -0.39 is 11.9 Å². The summed E-state index contributed by atoms with van der Waals surface area (Å²) >= 11 is 0. The number of rotatable bonds is 6. The molecule has 2 aromatic carbocycles. The fraction of sp³-hybridized carbons (Fsp3) is 0.348. The molecule has 0 saturated carbocycles. The highest BCUT2D eigenvalue weighted by Gasteiger charge is 2.32. The first-order valence-electron chi connectivity index (χ1n) is 9.75. The predicted molar refractivity (Wildman–Crippen MR) is 112 cm³/mol. The monoisotopic (exact) mass is 418 g/mol. The molecular formula is C23H25F3N2O2. The minimum absolute atomic E-state index is 0.0777. The van der Waals surface area contributed by atoms with Crippen molar-refractivity contribution in [2.75, 3.05) is 11.9 Å². The Labute approximate surface area is 173 Å². The van der Waals surface area contributed by atoms with Gasteiger partial charge in [0.2, 0.25) is 5.91 Å². The Balaban J connectivity index is 1.47. The third-order valence-corrected chi connectivity index (χ3v) is 4.75. The van der Waals surface area contributed by atoms with Crippen molar-refractivity contribution in [2.24, 2.45) is 0 Å². The van der Waals surface area contributed by atoms with Crippen molar-refractivity contribution >= 4 is 22.5 Å². The van der Waals surface area contributed by atoms with Gasteiger partial charge < -0.3 is 15.0 Å². The van der Waals surface area contributed by atoms with E-state index in [1.165, 1.54) is 17.7 Å². The number of ether oxygens (including phenoxy) is 1. The molecule has 1 heterocycles. The van der Waals surface area contributed by atoms with Gasteiger partial charge in [0, 0.05) is 23.0 Å². The molecule has 0 radical (unpaired) electrons. The van der Waals surface area contributed by atoms with Gasteiger partial charge in [0.05, 0.1) is 6.61 Å². The van der Waals surface area contributed by atoms with Crippen LogP contribution in [0.4, 0.5) is 18.9 Å². The van der Waals surface area contributed by atoms with Crippen LogP contribution in [0.15, 0.2) is 48.5 Å². The molecule has 0 aliphatic carbocycles. The Hall–Kier alpha value is -2.96. The number of carbonyl (C=O) groups excluding carboxylic acids is 1. The van der Waals surface area contributed by atoms with Gasteiger partial charge in [-0.3, -0.25) is 4.79 Å². The first-order chi connectivity index (χ1) is 14.0. The summed E-state index contributed by atoms with van der Waals surface area (Å²) in [4.78, 5) is 14.5. The number of aromatic nitrogens is 1. The highest BCUT2D eigenvalue weighted by molar-refractivity contribution is 5.94. The lowest BCUT2D eigenvalue weighted by molar-refractivity contribution is -0.140. The van der Waals surface area contributed by atoms with Gasteiger partial charge in [0.1, 0.15) is 11.4 Å². The van der Waals surface area contributed by atoms with Crippen LogP contribution in [0.25, 0.3) is 10.9 Å². The van der Waals surface area contributed by atoms with Crippen LogP contribution in [0.1, 0.15) is 44.9 Å². The molecule has 160 valence electrons. The molecule has 3 rings (SSSR count). The lowest BCUT2D eigenvalue weighted by Crippen LogP contribution is -2.13. The number of hydrogen-bond donors (Lipinski definition) is 2. The van der Waals surface area contributed by atoms with E-state index in [1.807, 2.05) is 24.3 Å². The SMILES string of the molecule is CC(C)(C)c1ccc(OCCCC(=O)Nc2ccc3[nH]c(C(F)(F)F)cc3c2)cc1. The van der Waals surface area contributed by atoms with Crippen molar-refractivity contribution in [2.45, 2.75) is 45.2 Å². The van der Waals surface area contributed by atoms with E-state index in [-0.39, 0.29) is 17.7 Å². The van der Waals surface area contributed by atoms with Crippen LogP contribution in [-0.2, 0) is 16.4 Å². The van der Waals surface area contributed by atoms with Crippen molar-refractivity contribution < 1.29 is 22.7 Å². The summed E-state index contributed by atoms with van der Waals surface area (Å²) in [6.07, 6.45) is -3.66. The maximum atomic E-state index is 12.8. The molecule has 2 N–H and O–H groups in total. The smallest absolute Gasteiger partial charge is 0.431 e. The number of aromatic amines is 1. The second-order valence-electron chi connectivity index (χ2n) is 8.26. The second kappa shape index (κ2) is 8.42. The number of nitrogens with one attached hydrogen (secondary N) is 2. The molecule has 3 aromatic rings. The maximum Gasteiger partial charge on any atom is 0.431 e. The van der Waals surface area contributed by atoms with Gasteiger partial charge in [-0.05, 0) is 53.8 Å². The van der Waals surface area contributed by atoms with Gasteiger partial charge in [-0.15, -0.1) is 0 Å². The van der Waals surface area contributed by atoms with Crippen LogP contribution in [0.5, 0.6) is 5.75 Å². The van der Waals surface area contributed by atoms with E-state index in [0.29, 0.717) is 29.6 Å². The molecule has 0 atom stereocenters. The van der Waals surface area contributed by atoms with Crippen molar-refractivity contribution in [3.05, 3.63) is 59.8 Å². The van der Waals surface area contributed by atoms with Crippen molar-refractivity contribution in [1.82, 2.24) is 4.98 Å². The van der Waals surface area contributed by atoms with E-state index in [4.69, 9.17) is 4.74 Å². The zero-order valence-corrected chi connectivity index (χ0v) is 17.2. The summed E-state index contributed by atoms with van der Waals surface area (Å²) in [6.45, 7) is 6.83. The van der Waals surface area contributed by atoms with Gasteiger partial charge >= 0.3 is 6.18 Å². The van der Waals surface area contributed by atoms with Gasteiger partial charge in [-0.25, -0.2) is 0 Å². The Morgan fingerprint density at radius 2 is 1.73 bits per heavy atom. The zero-order valence-electron chi connectivity index (χ0n) is 17.2. The molecule has 1 amide bonds. The summed E-state index contributed by atoms with van der Waals surface area (Å²) in [5.41, 5.74) is 1.31. The lowest BCUT2D eigenvalue weighted by Gasteiger charge is -2.19. The average molecular weight is 418 g/mol. The van der Waals surface area contributed by atoms with Crippen LogP contribution in [-0.4, -0.2) is 17.5 Å². The molecule has 0 aliphatic heterocycles. The zero-order chi connectivity index (χ0) is 21.9. The minimum atomic E-state index is -4.44. The standard InChI is InChI=1S/C23H25F3N2O2/c1-22(2,3)16-6-9-18(10-7-16)30-12-4-5-21(29)27-17-8-11-19-15(13-17)14-20(28-19)23(24,25)26/h6-11,13-14,28H,4-5,12H2,1-3H3,(H,27,29). The third kappa shape index (κ3) is 5.55. The van der Waals surface area contributed by atoms with Crippen LogP contribution in [0, 0.1) is 0 Å². The van der Waals surface area contributed by atoms with E-state index in [2.05, 4.69) is 31.1 Å². The van der Waals surface area contributed by atoms with Crippen LogP contribution in [0.2, 0.25) is 0 Å². The summed E-state index contributed by atoms with van der Waals surface area (Å²) in [6, 6.07) is 13.5. The molecule has 0 aliphatic rings. The molecule has 0 unspecified atom stereocenters. The number of amides is 1. The summed E-state index contributed by atoms with van der Waals surface area (Å²) in [5, 5.41) is 3.11. The van der Waals surface area contributed by atoms with Gasteiger partial charge in [0.15, 0.2) is 0 Å². The fourth-order valence-corrected chi connectivity index (χ4v) is 3.06. The number of halogens is 3. The Morgan fingerprint density at radius 1 is 1.03 bits per heavy atom. The molecule has 0 saturated heterocycles. The fourth-order valence-electron chi connectivity index (χ4n) is 3.06. The summed E-state index contributed by atoms with van der Waals surface area (Å²) < 4.78 is 44.1. The Morgan fingerprint density at radius 3 is 2.37 bits per heavy atom. The van der Waals surface area contributed by atoms with Crippen LogP contribution in [0.3, 0.4) is 0 Å². The molecular weight excluding hydrogens is 393 g/mol. The van der Waals surface area contributed by atoms with Gasteiger partial charge in [0.25, 0.3) is 0 Å². The number of alkyl halides is 3. The average Bonchev–Trinajstić information content (AvgIpc) is 3.09. The van der Waals surface area contributed by atoms with Gasteiger partial charge in [-0.2, -0.15) is 13.2 Å². The number of H-pyrrole nitrogens is 1.